The van der Waals surface area contributed by atoms with Gasteiger partial charge in [-0.3, -0.25) is 10.1 Å². The Hall–Kier alpha value is -4.07. The van der Waals surface area contributed by atoms with E-state index in [4.69, 9.17) is 9.57 Å². The molecule has 0 aliphatic rings. The fraction of sp³-hybridized carbons (Fsp3) is 0.208. The van der Waals surface area contributed by atoms with Gasteiger partial charge in [-0.2, -0.15) is 0 Å². The zero-order valence-electron chi connectivity index (χ0n) is 17.9. The van der Waals surface area contributed by atoms with Crippen molar-refractivity contribution in [3.05, 3.63) is 100 Å². The Balaban J connectivity index is 1.73. The molecule has 166 valence electrons. The average molecular weight is 435 g/mol. The van der Waals surface area contributed by atoms with Crippen molar-refractivity contribution >= 4 is 17.5 Å². The number of hydrogen-bond donors (Lipinski definition) is 1. The number of hydroxylamine groups is 2. The van der Waals surface area contributed by atoms with E-state index in [9.17, 15) is 14.9 Å². The van der Waals surface area contributed by atoms with Crippen LogP contribution in [-0.4, -0.2) is 28.7 Å². The summed E-state index contributed by atoms with van der Waals surface area (Å²) >= 11 is 0. The molecule has 1 amide bonds. The lowest BCUT2D eigenvalue weighted by molar-refractivity contribution is -0.384. The predicted molar refractivity (Wildman–Crippen MR) is 121 cm³/mol. The van der Waals surface area contributed by atoms with Crippen molar-refractivity contribution in [3.63, 3.8) is 0 Å². The van der Waals surface area contributed by atoms with Gasteiger partial charge in [-0.15, -0.1) is 5.06 Å². The predicted octanol–water partition coefficient (Wildman–Crippen LogP) is 5.34. The van der Waals surface area contributed by atoms with Gasteiger partial charge in [0.15, 0.2) is 5.75 Å². The second-order valence-electron chi connectivity index (χ2n) is 7.28. The number of ether oxygens (including phenoxy) is 1. The van der Waals surface area contributed by atoms with Gasteiger partial charge in [-0.05, 0) is 43.2 Å². The molecule has 3 aromatic carbocycles. The van der Waals surface area contributed by atoms with Gasteiger partial charge < -0.3 is 14.9 Å². The van der Waals surface area contributed by atoms with Crippen LogP contribution >= 0.6 is 0 Å². The molecule has 1 unspecified atom stereocenters. The highest BCUT2D eigenvalue weighted by atomic mass is 16.7. The van der Waals surface area contributed by atoms with E-state index in [2.05, 4.69) is 5.32 Å². The van der Waals surface area contributed by atoms with Crippen molar-refractivity contribution in [1.29, 1.82) is 0 Å². The van der Waals surface area contributed by atoms with E-state index < -0.39 is 17.1 Å². The summed E-state index contributed by atoms with van der Waals surface area (Å²) < 4.78 is 5.45. The van der Waals surface area contributed by atoms with Crippen LogP contribution in [0.15, 0.2) is 78.9 Å². The summed E-state index contributed by atoms with van der Waals surface area (Å²) in [5.74, 6) is 0.485. The monoisotopic (exact) mass is 435 g/mol. The van der Waals surface area contributed by atoms with Gasteiger partial charge in [0.1, 0.15) is 12.3 Å². The number of carbonyl (C=O) groups is 1. The number of nitrogens with one attached hydrogen (secondary N) is 1. The first-order chi connectivity index (χ1) is 15.4. The molecule has 0 fully saturated rings. The van der Waals surface area contributed by atoms with Crippen molar-refractivity contribution in [2.75, 3.05) is 11.9 Å². The number of nitrogens with zero attached hydrogens (tertiary/aromatic N) is 2. The molecule has 3 aromatic rings. The summed E-state index contributed by atoms with van der Waals surface area (Å²) in [6, 6.07) is 22.5. The zero-order chi connectivity index (χ0) is 22.9. The summed E-state index contributed by atoms with van der Waals surface area (Å²) in [6.45, 7) is 3.99. The lowest BCUT2D eigenvalue weighted by Crippen LogP contribution is -2.45. The van der Waals surface area contributed by atoms with Crippen LogP contribution < -0.4 is 10.2 Å². The standard InChI is InChI=1S/C24H25N3O5/c1-18-9-8-12-21(15-18)32-26(24(28)31-17-20-10-4-3-5-11-20)19(2)16-25-22-13-6-7-14-23(22)27(29)30/h3-15,19,25H,16-17H2,1-2H3. The minimum atomic E-state index is -0.660. The van der Waals surface area contributed by atoms with Crippen LogP contribution in [0.3, 0.4) is 0 Å². The highest BCUT2D eigenvalue weighted by Gasteiger charge is 2.25. The molecule has 8 nitrogen and oxygen atoms in total. The maximum atomic E-state index is 12.9. The number of nitro benzene ring substituents is 1. The molecule has 0 radical (unpaired) electrons. The Labute approximate surface area is 186 Å². The first-order valence-corrected chi connectivity index (χ1v) is 10.2. The fourth-order valence-electron chi connectivity index (χ4n) is 3.00. The van der Waals surface area contributed by atoms with E-state index in [0.717, 1.165) is 16.2 Å². The molecule has 3 rings (SSSR count). The summed E-state index contributed by atoms with van der Waals surface area (Å²) in [6.07, 6.45) is -0.660. The summed E-state index contributed by atoms with van der Waals surface area (Å²) in [5, 5.41) is 15.4. The Kier molecular flexibility index (Phi) is 7.64. The van der Waals surface area contributed by atoms with Crippen molar-refractivity contribution in [3.8, 4) is 5.75 Å². The molecular formula is C24H25N3O5. The zero-order valence-corrected chi connectivity index (χ0v) is 17.9. The van der Waals surface area contributed by atoms with Crippen LogP contribution in [0.1, 0.15) is 18.1 Å². The van der Waals surface area contributed by atoms with E-state index in [1.807, 2.05) is 49.4 Å². The van der Waals surface area contributed by atoms with E-state index in [1.165, 1.54) is 6.07 Å². The highest BCUT2D eigenvalue weighted by molar-refractivity contribution is 5.67. The van der Waals surface area contributed by atoms with E-state index >= 15 is 0 Å². The van der Waals surface area contributed by atoms with E-state index in [-0.39, 0.29) is 18.8 Å². The maximum Gasteiger partial charge on any atom is 0.443 e. The third-order valence-corrected chi connectivity index (χ3v) is 4.67. The normalized spacial score (nSPS) is 11.3. The third-order valence-electron chi connectivity index (χ3n) is 4.67. The number of para-hydroxylation sites is 2. The Morgan fingerprint density at radius 2 is 1.78 bits per heavy atom. The fourth-order valence-corrected chi connectivity index (χ4v) is 3.00. The molecule has 0 aliphatic heterocycles. The molecule has 0 saturated heterocycles. The average Bonchev–Trinajstić information content (AvgIpc) is 2.80. The molecule has 0 bridgehead atoms. The number of benzene rings is 3. The maximum absolute atomic E-state index is 12.9. The minimum Gasteiger partial charge on any atom is -0.442 e. The van der Waals surface area contributed by atoms with Crippen molar-refractivity contribution in [2.45, 2.75) is 26.5 Å². The molecule has 0 aromatic heterocycles. The molecule has 32 heavy (non-hydrogen) atoms. The number of aryl methyl sites for hydroxylation is 1. The molecule has 0 saturated carbocycles. The highest BCUT2D eigenvalue weighted by Crippen LogP contribution is 2.24. The lowest BCUT2D eigenvalue weighted by atomic mass is 10.2. The number of nitro groups is 1. The van der Waals surface area contributed by atoms with Crippen LogP contribution in [-0.2, 0) is 11.3 Å². The minimum absolute atomic E-state index is 0.0440. The smallest absolute Gasteiger partial charge is 0.442 e. The summed E-state index contributed by atoms with van der Waals surface area (Å²) in [7, 11) is 0. The molecule has 8 heteroatoms. The van der Waals surface area contributed by atoms with Gasteiger partial charge in [0.05, 0.1) is 11.0 Å². The second-order valence-corrected chi connectivity index (χ2v) is 7.28. The van der Waals surface area contributed by atoms with Gasteiger partial charge in [-0.1, -0.05) is 54.6 Å². The number of hydrogen-bond acceptors (Lipinski definition) is 6. The molecule has 1 atom stereocenters. The summed E-state index contributed by atoms with van der Waals surface area (Å²) in [4.78, 5) is 29.5. The number of carbonyl (C=O) groups excluding carboxylic acids is 1. The molecule has 0 spiro atoms. The topological polar surface area (TPSA) is 93.9 Å². The van der Waals surface area contributed by atoms with Gasteiger partial charge in [0, 0.05) is 12.6 Å². The number of rotatable bonds is 9. The van der Waals surface area contributed by atoms with Crippen LogP contribution in [0.5, 0.6) is 5.75 Å². The Morgan fingerprint density at radius 1 is 1.06 bits per heavy atom. The molecule has 1 N–H and O–H groups in total. The Morgan fingerprint density at radius 3 is 2.50 bits per heavy atom. The largest absolute Gasteiger partial charge is 0.443 e. The van der Waals surface area contributed by atoms with Gasteiger partial charge in [0.2, 0.25) is 0 Å². The van der Waals surface area contributed by atoms with Crippen molar-refractivity contribution in [2.24, 2.45) is 0 Å². The van der Waals surface area contributed by atoms with Crippen LogP contribution in [0.4, 0.5) is 16.2 Å². The third kappa shape index (κ3) is 6.21. The lowest BCUT2D eigenvalue weighted by Gasteiger charge is -2.28. The second kappa shape index (κ2) is 10.8. The van der Waals surface area contributed by atoms with Crippen LogP contribution in [0, 0.1) is 17.0 Å². The van der Waals surface area contributed by atoms with Gasteiger partial charge in [-0.25, -0.2) is 4.79 Å². The van der Waals surface area contributed by atoms with Crippen LogP contribution in [0.25, 0.3) is 0 Å². The number of amides is 1. The SMILES string of the molecule is Cc1cccc(ON(C(=O)OCc2ccccc2)C(C)CNc2ccccc2[N+](=O)[O-])c1. The number of anilines is 1. The van der Waals surface area contributed by atoms with E-state index in [1.54, 1.807) is 37.3 Å². The molecular weight excluding hydrogens is 410 g/mol. The first-order valence-electron chi connectivity index (χ1n) is 10.2. The van der Waals surface area contributed by atoms with Crippen molar-refractivity contribution in [1.82, 2.24) is 5.06 Å². The first kappa shape index (κ1) is 22.6. The van der Waals surface area contributed by atoms with E-state index in [0.29, 0.717) is 11.4 Å². The van der Waals surface area contributed by atoms with Crippen molar-refractivity contribution < 1.29 is 19.3 Å². The van der Waals surface area contributed by atoms with Gasteiger partial charge in [0.25, 0.3) is 5.69 Å². The molecule has 0 heterocycles. The molecule has 0 aliphatic carbocycles. The summed E-state index contributed by atoms with van der Waals surface area (Å²) in [5.41, 5.74) is 2.14. The Bertz CT molecular complexity index is 1060. The van der Waals surface area contributed by atoms with Gasteiger partial charge >= 0.3 is 6.09 Å². The quantitative estimate of drug-likeness (QED) is 0.360. The van der Waals surface area contributed by atoms with Crippen LogP contribution in [0.2, 0.25) is 0 Å².